The Hall–Kier alpha value is -1.63. The third-order valence-electron chi connectivity index (χ3n) is 4.52. The third kappa shape index (κ3) is 3.26. The van der Waals surface area contributed by atoms with Crippen molar-refractivity contribution in [3.8, 4) is 11.5 Å². The van der Waals surface area contributed by atoms with Gasteiger partial charge in [0, 0.05) is 37.8 Å². The predicted molar refractivity (Wildman–Crippen MR) is 93.5 cm³/mol. The van der Waals surface area contributed by atoms with Gasteiger partial charge in [0.25, 0.3) is 0 Å². The first-order chi connectivity index (χ1) is 11.9. The lowest BCUT2D eigenvalue weighted by Gasteiger charge is -2.24. The SMILES string of the molecule is C=CC(O)CC1Oc2c(OC)ccc3c2C1=CCN(P(=O)(O)OC)C3. The van der Waals surface area contributed by atoms with Crippen molar-refractivity contribution in [2.75, 3.05) is 20.8 Å². The van der Waals surface area contributed by atoms with E-state index in [9.17, 15) is 14.6 Å². The maximum atomic E-state index is 12.3. The van der Waals surface area contributed by atoms with Crippen LogP contribution < -0.4 is 9.47 Å². The molecule has 25 heavy (non-hydrogen) atoms. The average Bonchev–Trinajstić information content (AvgIpc) is 2.83. The van der Waals surface area contributed by atoms with Gasteiger partial charge in [-0.2, -0.15) is 0 Å². The standard InChI is InChI=1S/C17H22NO6P/c1-4-12(19)9-15-13-7-8-18(25(20,21)23-3)10-11-5-6-14(22-2)17(24-15)16(11)13/h4-7,12,15,19H,1,8-10H2,2-3H3,(H,20,21). The number of hydrogen-bond acceptors (Lipinski definition) is 5. The minimum atomic E-state index is -3.87. The first-order valence-electron chi connectivity index (χ1n) is 7.92. The molecule has 0 aliphatic carbocycles. The summed E-state index contributed by atoms with van der Waals surface area (Å²) in [5.74, 6) is 1.19. The number of ether oxygens (including phenoxy) is 2. The molecule has 0 fully saturated rings. The summed E-state index contributed by atoms with van der Waals surface area (Å²) in [5.41, 5.74) is 2.59. The van der Waals surface area contributed by atoms with Gasteiger partial charge in [-0.3, -0.25) is 0 Å². The van der Waals surface area contributed by atoms with Crippen LogP contribution in [0.2, 0.25) is 0 Å². The first-order valence-corrected chi connectivity index (χ1v) is 9.45. The third-order valence-corrected chi connectivity index (χ3v) is 6.02. The van der Waals surface area contributed by atoms with Crippen molar-refractivity contribution >= 4 is 13.3 Å². The number of aliphatic hydroxyl groups is 1. The summed E-state index contributed by atoms with van der Waals surface area (Å²) in [7, 11) is -1.09. The van der Waals surface area contributed by atoms with Crippen molar-refractivity contribution in [1.29, 1.82) is 0 Å². The largest absolute Gasteiger partial charge is 0.493 e. The highest BCUT2D eigenvalue weighted by molar-refractivity contribution is 7.50. The van der Waals surface area contributed by atoms with Crippen molar-refractivity contribution in [1.82, 2.24) is 4.67 Å². The molecule has 2 aliphatic heterocycles. The van der Waals surface area contributed by atoms with Crippen molar-refractivity contribution < 1.29 is 28.6 Å². The van der Waals surface area contributed by atoms with Gasteiger partial charge in [-0.05, 0) is 11.6 Å². The summed E-state index contributed by atoms with van der Waals surface area (Å²) >= 11 is 0. The number of nitrogens with zero attached hydrogens (tertiary/aromatic N) is 1. The van der Waals surface area contributed by atoms with Gasteiger partial charge in [-0.1, -0.05) is 18.2 Å². The van der Waals surface area contributed by atoms with Gasteiger partial charge < -0.3 is 24.0 Å². The lowest BCUT2D eigenvalue weighted by atomic mass is 9.95. The Morgan fingerprint density at radius 2 is 2.28 bits per heavy atom. The zero-order chi connectivity index (χ0) is 18.2. The van der Waals surface area contributed by atoms with Gasteiger partial charge in [0.2, 0.25) is 0 Å². The van der Waals surface area contributed by atoms with Crippen molar-refractivity contribution in [3.05, 3.63) is 42.0 Å². The fraction of sp³-hybridized carbons (Fsp3) is 0.412. The van der Waals surface area contributed by atoms with E-state index in [4.69, 9.17) is 14.0 Å². The Morgan fingerprint density at radius 3 is 2.92 bits per heavy atom. The van der Waals surface area contributed by atoms with Gasteiger partial charge in [0.05, 0.1) is 13.2 Å². The van der Waals surface area contributed by atoms with Crippen LogP contribution in [0.1, 0.15) is 17.5 Å². The monoisotopic (exact) mass is 367 g/mol. The molecule has 8 heteroatoms. The first kappa shape index (κ1) is 18.2. The number of rotatable bonds is 6. The summed E-state index contributed by atoms with van der Waals surface area (Å²) < 4.78 is 29.9. The zero-order valence-electron chi connectivity index (χ0n) is 14.2. The molecule has 3 atom stereocenters. The van der Waals surface area contributed by atoms with E-state index in [1.165, 1.54) is 17.9 Å². The van der Waals surface area contributed by atoms with Crippen LogP contribution in [-0.2, 0) is 15.6 Å². The van der Waals surface area contributed by atoms with Crippen LogP contribution in [0.5, 0.6) is 11.5 Å². The Morgan fingerprint density at radius 1 is 1.52 bits per heavy atom. The molecule has 136 valence electrons. The molecule has 2 heterocycles. The molecule has 2 aliphatic rings. The van der Waals surface area contributed by atoms with E-state index < -0.39 is 13.9 Å². The maximum absolute atomic E-state index is 12.3. The molecule has 7 nitrogen and oxygen atoms in total. The minimum absolute atomic E-state index is 0.234. The number of hydrogen-bond donors (Lipinski definition) is 2. The molecule has 0 saturated carbocycles. The summed E-state index contributed by atoms with van der Waals surface area (Å²) in [5, 5.41) is 9.94. The molecule has 0 radical (unpaired) electrons. The van der Waals surface area contributed by atoms with E-state index in [2.05, 4.69) is 6.58 Å². The second kappa shape index (κ2) is 6.94. The summed E-state index contributed by atoms with van der Waals surface area (Å²) in [6.07, 6.45) is 2.56. The highest BCUT2D eigenvalue weighted by Crippen LogP contribution is 2.52. The molecule has 3 unspecified atom stereocenters. The fourth-order valence-corrected chi connectivity index (χ4v) is 4.04. The van der Waals surface area contributed by atoms with Gasteiger partial charge in [-0.25, -0.2) is 9.24 Å². The molecule has 0 aromatic heterocycles. The van der Waals surface area contributed by atoms with Crippen LogP contribution in [0.15, 0.2) is 30.9 Å². The molecule has 1 aromatic carbocycles. The Balaban J connectivity index is 2.06. The molecular weight excluding hydrogens is 345 g/mol. The van der Waals surface area contributed by atoms with Gasteiger partial charge >= 0.3 is 7.75 Å². The molecule has 0 saturated heterocycles. The smallest absolute Gasteiger partial charge is 0.405 e. The molecule has 3 rings (SSSR count). The second-order valence-electron chi connectivity index (χ2n) is 5.96. The molecular formula is C17H22NO6P. The van der Waals surface area contributed by atoms with Crippen LogP contribution in [0, 0.1) is 0 Å². The van der Waals surface area contributed by atoms with Crippen LogP contribution in [-0.4, -0.2) is 47.6 Å². The quantitative estimate of drug-likeness (QED) is 0.589. The van der Waals surface area contributed by atoms with E-state index in [0.29, 0.717) is 17.9 Å². The molecule has 0 bridgehead atoms. The molecule has 0 amide bonds. The van der Waals surface area contributed by atoms with Crippen LogP contribution in [0.25, 0.3) is 5.57 Å². The number of benzene rings is 1. The van der Waals surface area contributed by atoms with E-state index in [1.807, 2.05) is 12.1 Å². The van der Waals surface area contributed by atoms with Crippen LogP contribution in [0.4, 0.5) is 0 Å². The van der Waals surface area contributed by atoms with Crippen molar-refractivity contribution in [2.24, 2.45) is 0 Å². The second-order valence-corrected chi connectivity index (χ2v) is 7.87. The topological polar surface area (TPSA) is 88.5 Å². The van der Waals surface area contributed by atoms with Crippen molar-refractivity contribution in [2.45, 2.75) is 25.2 Å². The fourth-order valence-electron chi connectivity index (χ4n) is 3.19. The minimum Gasteiger partial charge on any atom is -0.493 e. The van der Waals surface area contributed by atoms with Crippen LogP contribution >= 0.6 is 7.75 Å². The summed E-state index contributed by atoms with van der Waals surface area (Å²) in [6, 6.07) is 3.63. The molecule has 2 N–H and O–H groups in total. The van der Waals surface area contributed by atoms with E-state index >= 15 is 0 Å². The lowest BCUT2D eigenvalue weighted by Crippen LogP contribution is -2.22. The predicted octanol–water partition coefficient (Wildman–Crippen LogP) is 2.34. The number of methoxy groups -OCH3 is 1. The molecule has 1 aromatic rings. The van der Waals surface area contributed by atoms with E-state index in [1.54, 1.807) is 13.2 Å². The molecule has 0 spiro atoms. The van der Waals surface area contributed by atoms with Crippen molar-refractivity contribution in [3.63, 3.8) is 0 Å². The average molecular weight is 367 g/mol. The summed E-state index contributed by atoms with van der Waals surface area (Å²) in [6.45, 7) is 4.08. The van der Waals surface area contributed by atoms with Gasteiger partial charge in [0.15, 0.2) is 11.5 Å². The highest BCUT2D eigenvalue weighted by atomic mass is 31.2. The zero-order valence-corrected chi connectivity index (χ0v) is 15.1. The normalized spacial score (nSPS) is 22.9. The van der Waals surface area contributed by atoms with Gasteiger partial charge in [0.1, 0.15) is 6.10 Å². The lowest BCUT2D eigenvalue weighted by molar-refractivity contribution is 0.155. The van der Waals surface area contributed by atoms with E-state index in [0.717, 1.165) is 16.7 Å². The highest BCUT2D eigenvalue weighted by Gasteiger charge is 2.38. The Labute approximate surface area is 146 Å². The maximum Gasteiger partial charge on any atom is 0.405 e. The van der Waals surface area contributed by atoms with Crippen LogP contribution in [0.3, 0.4) is 0 Å². The number of aliphatic hydroxyl groups excluding tert-OH is 1. The van der Waals surface area contributed by atoms with E-state index in [-0.39, 0.29) is 19.2 Å². The Kier molecular flexibility index (Phi) is 5.04. The summed E-state index contributed by atoms with van der Waals surface area (Å²) in [4.78, 5) is 10.0. The Bertz CT molecular complexity index is 762. The van der Waals surface area contributed by atoms with Gasteiger partial charge in [-0.15, -0.1) is 6.58 Å².